The van der Waals surface area contributed by atoms with Gasteiger partial charge in [0.1, 0.15) is 0 Å². The lowest BCUT2D eigenvalue weighted by Crippen LogP contribution is -2.08. The second-order valence-electron chi connectivity index (χ2n) is 3.77. The highest BCUT2D eigenvalue weighted by Crippen LogP contribution is 2.00. The average molecular weight is 222 g/mol. The second-order valence-corrected chi connectivity index (χ2v) is 5.54. The monoisotopic (exact) mass is 222 g/mol. The van der Waals surface area contributed by atoms with Gasteiger partial charge in [0.05, 0.1) is 5.75 Å². The highest BCUT2D eigenvalue weighted by molar-refractivity contribution is 7.96. The Kier molecular flexibility index (Phi) is 3.93. The van der Waals surface area contributed by atoms with Crippen molar-refractivity contribution in [3.8, 4) is 11.2 Å². The van der Waals surface area contributed by atoms with E-state index < -0.39 is 9.84 Å². The quantitative estimate of drug-likeness (QED) is 0.718. The van der Waals surface area contributed by atoms with Gasteiger partial charge in [-0.3, -0.25) is 0 Å². The molecule has 0 aliphatic rings. The molecule has 0 saturated heterocycles. The summed E-state index contributed by atoms with van der Waals surface area (Å²) in [5, 5.41) is 2.33. The molecule has 0 aliphatic heterocycles. The Morgan fingerprint density at radius 2 is 1.80 bits per heavy atom. The van der Waals surface area contributed by atoms with E-state index in [1.54, 1.807) is 12.1 Å². The van der Waals surface area contributed by atoms with Gasteiger partial charge in [-0.15, -0.1) is 0 Å². The molecule has 0 atom stereocenters. The van der Waals surface area contributed by atoms with Crippen LogP contribution in [0.3, 0.4) is 0 Å². The summed E-state index contributed by atoms with van der Waals surface area (Å²) in [6.45, 7) is 3.73. The zero-order valence-electron chi connectivity index (χ0n) is 8.90. The van der Waals surface area contributed by atoms with Gasteiger partial charge >= 0.3 is 0 Å². The van der Waals surface area contributed by atoms with Crippen molar-refractivity contribution in [3.05, 3.63) is 35.9 Å². The van der Waals surface area contributed by atoms with E-state index in [9.17, 15) is 8.42 Å². The smallest absolute Gasteiger partial charge is 0.215 e. The lowest BCUT2D eigenvalue weighted by Gasteiger charge is -1.98. The van der Waals surface area contributed by atoms with Crippen molar-refractivity contribution in [1.82, 2.24) is 0 Å². The van der Waals surface area contributed by atoms with E-state index in [1.165, 1.54) is 0 Å². The van der Waals surface area contributed by atoms with Gasteiger partial charge < -0.3 is 0 Å². The number of hydrogen-bond donors (Lipinski definition) is 0. The first-order valence-electron chi connectivity index (χ1n) is 4.80. The minimum atomic E-state index is -3.24. The van der Waals surface area contributed by atoms with Gasteiger partial charge in [0.25, 0.3) is 0 Å². The van der Waals surface area contributed by atoms with Crippen molar-refractivity contribution in [2.24, 2.45) is 5.92 Å². The van der Waals surface area contributed by atoms with Crippen molar-refractivity contribution < 1.29 is 8.42 Å². The van der Waals surface area contributed by atoms with Crippen molar-refractivity contribution in [1.29, 1.82) is 0 Å². The molecule has 0 aliphatic carbocycles. The Morgan fingerprint density at radius 1 is 1.20 bits per heavy atom. The molecule has 0 N–H and O–H groups in total. The Labute approximate surface area is 91.2 Å². The molecule has 0 bridgehead atoms. The minimum Gasteiger partial charge on any atom is -0.215 e. The predicted octanol–water partition coefficient (Wildman–Crippen LogP) is 2.07. The molecular formula is C12H14O2S. The standard InChI is InChI=1S/C12H14O2S/c1-11(2)10-15(13,14)9-8-12-6-4-3-5-7-12/h3-7,11H,10H2,1-2H3. The summed E-state index contributed by atoms with van der Waals surface area (Å²) < 4.78 is 22.9. The Bertz CT molecular complexity index is 461. The van der Waals surface area contributed by atoms with Crippen LogP contribution in [0, 0.1) is 17.1 Å². The molecule has 0 fully saturated rings. The summed E-state index contributed by atoms with van der Waals surface area (Å²) in [7, 11) is -3.24. The largest absolute Gasteiger partial charge is 0.217 e. The lowest BCUT2D eigenvalue weighted by atomic mass is 10.2. The van der Waals surface area contributed by atoms with Gasteiger partial charge in [-0.2, -0.15) is 0 Å². The summed E-state index contributed by atoms with van der Waals surface area (Å²) >= 11 is 0. The predicted molar refractivity (Wildman–Crippen MR) is 61.9 cm³/mol. The van der Waals surface area contributed by atoms with Gasteiger partial charge in [-0.1, -0.05) is 38.0 Å². The first kappa shape index (κ1) is 11.8. The summed E-state index contributed by atoms with van der Waals surface area (Å²) in [5.74, 6) is 2.88. The van der Waals surface area contributed by atoms with Crippen LogP contribution < -0.4 is 0 Å². The molecule has 3 heteroatoms. The zero-order valence-corrected chi connectivity index (χ0v) is 9.71. The van der Waals surface area contributed by atoms with E-state index in [2.05, 4.69) is 11.2 Å². The Morgan fingerprint density at radius 3 is 2.33 bits per heavy atom. The first-order valence-corrected chi connectivity index (χ1v) is 6.45. The van der Waals surface area contributed by atoms with Crippen LogP contribution in [0.25, 0.3) is 0 Å². The molecule has 1 rings (SSSR count). The third-order valence-electron chi connectivity index (χ3n) is 1.68. The molecule has 0 radical (unpaired) electrons. The number of benzene rings is 1. The molecule has 0 spiro atoms. The van der Waals surface area contributed by atoms with E-state index in [0.29, 0.717) is 0 Å². The third-order valence-corrected chi connectivity index (χ3v) is 3.20. The maximum Gasteiger partial charge on any atom is 0.217 e. The first-order chi connectivity index (χ1) is 6.99. The zero-order chi connectivity index (χ0) is 11.3. The maximum absolute atomic E-state index is 11.4. The molecule has 80 valence electrons. The fourth-order valence-electron chi connectivity index (χ4n) is 1.14. The third kappa shape index (κ3) is 4.66. The van der Waals surface area contributed by atoms with Crippen molar-refractivity contribution in [3.63, 3.8) is 0 Å². The van der Waals surface area contributed by atoms with Crippen LogP contribution in [0.4, 0.5) is 0 Å². The minimum absolute atomic E-state index is 0.111. The highest BCUT2D eigenvalue weighted by Gasteiger charge is 2.08. The molecule has 15 heavy (non-hydrogen) atoms. The summed E-state index contributed by atoms with van der Waals surface area (Å²) in [4.78, 5) is 0. The SMILES string of the molecule is CC(C)CS(=O)(=O)C#Cc1ccccc1. The van der Waals surface area contributed by atoms with Gasteiger partial charge in [0.15, 0.2) is 0 Å². The highest BCUT2D eigenvalue weighted by atomic mass is 32.2. The molecule has 0 unspecified atom stereocenters. The topological polar surface area (TPSA) is 34.1 Å². The van der Waals surface area contributed by atoms with Crippen LogP contribution in [-0.4, -0.2) is 14.2 Å². The number of sulfone groups is 1. The van der Waals surface area contributed by atoms with Crippen LogP contribution in [-0.2, 0) is 9.84 Å². The van der Waals surface area contributed by atoms with E-state index in [1.807, 2.05) is 32.0 Å². The molecule has 0 saturated carbocycles. The van der Waals surface area contributed by atoms with Gasteiger partial charge in [-0.05, 0) is 18.1 Å². The molecule has 0 heterocycles. The van der Waals surface area contributed by atoms with Crippen molar-refractivity contribution >= 4 is 9.84 Å². The van der Waals surface area contributed by atoms with Crippen molar-refractivity contribution in [2.45, 2.75) is 13.8 Å². The lowest BCUT2D eigenvalue weighted by molar-refractivity contribution is 0.592. The van der Waals surface area contributed by atoms with Crippen LogP contribution in [0.1, 0.15) is 19.4 Å². The van der Waals surface area contributed by atoms with E-state index >= 15 is 0 Å². The molecule has 2 nitrogen and oxygen atoms in total. The Hall–Kier alpha value is -1.27. The van der Waals surface area contributed by atoms with Crippen LogP contribution in [0.2, 0.25) is 0 Å². The van der Waals surface area contributed by atoms with Gasteiger partial charge in [-0.25, -0.2) is 8.42 Å². The molecular weight excluding hydrogens is 208 g/mol. The van der Waals surface area contributed by atoms with Gasteiger partial charge in [0.2, 0.25) is 9.84 Å². The fraction of sp³-hybridized carbons (Fsp3) is 0.333. The van der Waals surface area contributed by atoms with Crippen LogP contribution in [0.5, 0.6) is 0 Å². The molecule has 0 amide bonds. The molecule has 1 aromatic carbocycles. The van der Waals surface area contributed by atoms with Crippen LogP contribution in [0.15, 0.2) is 30.3 Å². The molecule has 1 aromatic rings. The Balaban J connectivity index is 2.83. The number of rotatable bonds is 2. The molecule has 0 aromatic heterocycles. The van der Waals surface area contributed by atoms with E-state index in [-0.39, 0.29) is 11.7 Å². The second kappa shape index (κ2) is 4.99. The number of hydrogen-bond acceptors (Lipinski definition) is 2. The average Bonchev–Trinajstić information content (AvgIpc) is 2.15. The summed E-state index contributed by atoms with van der Waals surface area (Å²) in [5.41, 5.74) is 0.727. The maximum atomic E-state index is 11.4. The van der Waals surface area contributed by atoms with Crippen molar-refractivity contribution in [2.75, 3.05) is 5.75 Å². The summed E-state index contributed by atoms with van der Waals surface area (Å²) in [6, 6.07) is 9.11. The van der Waals surface area contributed by atoms with E-state index in [0.717, 1.165) is 5.56 Å². The van der Waals surface area contributed by atoms with Gasteiger partial charge in [0, 0.05) is 10.8 Å². The summed E-state index contributed by atoms with van der Waals surface area (Å²) in [6.07, 6.45) is 0. The normalized spacial score (nSPS) is 10.9. The van der Waals surface area contributed by atoms with Crippen LogP contribution >= 0.6 is 0 Å². The fourth-order valence-corrected chi connectivity index (χ4v) is 2.37. The van der Waals surface area contributed by atoms with E-state index in [4.69, 9.17) is 0 Å².